The number of hydrogen-bond acceptors (Lipinski definition) is 3. The van der Waals surface area contributed by atoms with Crippen molar-refractivity contribution in [2.24, 2.45) is 5.73 Å². The lowest BCUT2D eigenvalue weighted by molar-refractivity contribution is 0.609. The molecule has 0 radical (unpaired) electrons. The van der Waals surface area contributed by atoms with Gasteiger partial charge in [0.15, 0.2) is 0 Å². The summed E-state index contributed by atoms with van der Waals surface area (Å²) in [4.78, 5) is 1.49. The molecule has 0 saturated heterocycles. The molecule has 2 nitrogen and oxygen atoms in total. The third-order valence-electron chi connectivity index (χ3n) is 3.56. The molecule has 3 N–H and O–H groups in total. The maximum absolute atomic E-state index is 6.00. The molecule has 3 rings (SSSR count). The Kier molecular flexibility index (Phi) is 3.12. The minimum atomic E-state index is 0.0595. The first kappa shape index (κ1) is 11.2. The average molecular weight is 246 g/mol. The molecule has 2 unspecified atom stereocenters. The summed E-state index contributed by atoms with van der Waals surface area (Å²) in [5.41, 5.74) is 8.87. The van der Waals surface area contributed by atoms with Crippen LogP contribution in [0.3, 0.4) is 0 Å². The molecule has 1 aliphatic heterocycles. The van der Waals surface area contributed by atoms with Gasteiger partial charge in [-0.25, -0.2) is 0 Å². The van der Waals surface area contributed by atoms with Crippen LogP contribution in [0.15, 0.2) is 40.9 Å². The van der Waals surface area contributed by atoms with Crippen LogP contribution in [-0.4, -0.2) is 5.50 Å². The highest BCUT2D eigenvalue weighted by molar-refractivity contribution is 8.03. The van der Waals surface area contributed by atoms with Crippen molar-refractivity contribution in [3.8, 4) is 0 Å². The van der Waals surface area contributed by atoms with Crippen molar-refractivity contribution in [3.63, 3.8) is 0 Å². The molecule has 3 heteroatoms. The minimum Gasteiger partial charge on any atom is -0.363 e. The molecule has 1 aromatic rings. The van der Waals surface area contributed by atoms with Gasteiger partial charge in [0.05, 0.1) is 0 Å². The SMILES string of the molecule is NC1NC2=C(CCCCC2c2ccccc2)S1. The standard InChI is InChI=1S/C14H18N2S/c15-14-16-13-11(10-6-2-1-3-7-10)8-4-5-9-12(13)17-14/h1-3,6-7,11,14,16H,4-5,8-9,15H2. The predicted octanol–water partition coefficient (Wildman–Crippen LogP) is 3.13. The molecule has 0 aromatic heterocycles. The van der Waals surface area contributed by atoms with Gasteiger partial charge in [-0.1, -0.05) is 48.5 Å². The Morgan fingerprint density at radius 1 is 1.18 bits per heavy atom. The van der Waals surface area contributed by atoms with Crippen molar-refractivity contribution in [2.75, 3.05) is 0 Å². The summed E-state index contributed by atoms with van der Waals surface area (Å²) in [6.07, 6.45) is 5.04. The van der Waals surface area contributed by atoms with Gasteiger partial charge in [-0.15, -0.1) is 0 Å². The lowest BCUT2D eigenvalue weighted by atomic mass is 9.92. The van der Waals surface area contributed by atoms with Crippen molar-refractivity contribution in [1.82, 2.24) is 5.32 Å². The van der Waals surface area contributed by atoms with E-state index in [-0.39, 0.29) is 5.50 Å². The van der Waals surface area contributed by atoms with Gasteiger partial charge < -0.3 is 11.1 Å². The van der Waals surface area contributed by atoms with Gasteiger partial charge in [0, 0.05) is 16.5 Å². The van der Waals surface area contributed by atoms with E-state index < -0.39 is 0 Å². The molecule has 2 aliphatic rings. The van der Waals surface area contributed by atoms with Crippen LogP contribution in [-0.2, 0) is 0 Å². The quantitative estimate of drug-likeness (QED) is 0.799. The van der Waals surface area contributed by atoms with E-state index >= 15 is 0 Å². The molecular weight excluding hydrogens is 228 g/mol. The van der Waals surface area contributed by atoms with Gasteiger partial charge in [-0.2, -0.15) is 0 Å². The van der Waals surface area contributed by atoms with E-state index in [2.05, 4.69) is 35.6 Å². The molecule has 0 saturated carbocycles. The average Bonchev–Trinajstić information content (AvgIpc) is 2.61. The Hall–Kier alpha value is -0.930. The normalized spacial score (nSPS) is 28.5. The van der Waals surface area contributed by atoms with Crippen LogP contribution >= 0.6 is 11.8 Å². The number of nitrogens with one attached hydrogen (secondary N) is 1. The van der Waals surface area contributed by atoms with Crippen LogP contribution < -0.4 is 11.1 Å². The van der Waals surface area contributed by atoms with E-state index in [0.29, 0.717) is 5.92 Å². The van der Waals surface area contributed by atoms with Gasteiger partial charge in [0.2, 0.25) is 0 Å². The van der Waals surface area contributed by atoms with Gasteiger partial charge in [0.1, 0.15) is 5.50 Å². The lowest BCUT2D eigenvalue weighted by Crippen LogP contribution is -2.30. The fraction of sp³-hybridized carbons (Fsp3) is 0.429. The molecule has 1 aromatic carbocycles. The van der Waals surface area contributed by atoms with Crippen molar-refractivity contribution in [1.29, 1.82) is 0 Å². The highest BCUT2D eigenvalue weighted by Crippen LogP contribution is 2.43. The van der Waals surface area contributed by atoms with E-state index in [4.69, 9.17) is 5.73 Å². The topological polar surface area (TPSA) is 38.0 Å². The number of benzene rings is 1. The Morgan fingerprint density at radius 3 is 2.82 bits per heavy atom. The van der Waals surface area contributed by atoms with Crippen molar-refractivity contribution in [2.45, 2.75) is 37.1 Å². The van der Waals surface area contributed by atoms with Gasteiger partial charge >= 0.3 is 0 Å². The number of nitrogens with two attached hydrogens (primary N) is 1. The molecule has 1 aliphatic carbocycles. The fourth-order valence-electron chi connectivity index (χ4n) is 2.77. The Morgan fingerprint density at radius 2 is 2.00 bits per heavy atom. The van der Waals surface area contributed by atoms with Crippen molar-refractivity contribution in [3.05, 3.63) is 46.5 Å². The molecular formula is C14H18N2S. The van der Waals surface area contributed by atoms with Crippen LogP contribution in [0.4, 0.5) is 0 Å². The summed E-state index contributed by atoms with van der Waals surface area (Å²) in [6, 6.07) is 10.8. The smallest absolute Gasteiger partial charge is 0.127 e. The largest absolute Gasteiger partial charge is 0.363 e. The monoisotopic (exact) mass is 246 g/mol. The molecule has 0 spiro atoms. The third-order valence-corrected chi connectivity index (χ3v) is 4.64. The summed E-state index contributed by atoms with van der Waals surface area (Å²) in [5.74, 6) is 0.523. The Labute approximate surface area is 107 Å². The maximum Gasteiger partial charge on any atom is 0.127 e. The second kappa shape index (κ2) is 4.75. The summed E-state index contributed by atoms with van der Waals surface area (Å²) in [5, 5.41) is 3.46. The Balaban J connectivity index is 1.95. The summed E-state index contributed by atoms with van der Waals surface area (Å²) in [6.45, 7) is 0. The van der Waals surface area contributed by atoms with Gasteiger partial charge in [0.25, 0.3) is 0 Å². The van der Waals surface area contributed by atoms with Crippen LogP contribution in [0.5, 0.6) is 0 Å². The summed E-state index contributed by atoms with van der Waals surface area (Å²) < 4.78 is 0. The third kappa shape index (κ3) is 2.22. The highest BCUT2D eigenvalue weighted by Gasteiger charge is 2.29. The molecule has 0 fully saturated rings. The van der Waals surface area contributed by atoms with E-state index in [0.717, 1.165) is 0 Å². The van der Waals surface area contributed by atoms with Crippen LogP contribution in [0, 0.1) is 0 Å². The van der Waals surface area contributed by atoms with E-state index in [1.165, 1.54) is 41.8 Å². The number of allylic oxidation sites excluding steroid dienone is 2. The first-order valence-corrected chi connectivity index (χ1v) is 7.19. The number of rotatable bonds is 1. The minimum absolute atomic E-state index is 0.0595. The second-order valence-electron chi connectivity index (χ2n) is 4.73. The zero-order valence-electron chi connectivity index (χ0n) is 9.86. The van der Waals surface area contributed by atoms with Crippen molar-refractivity contribution < 1.29 is 0 Å². The molecule has 0 amide bonds. The Bertz CT molecular complexity index is 427. The van der Waals surface area contributed by atoms with Crippen LogP contribution in [0.2, 0.25) is 0 Å². The fourth-order valence-corrected chi connectivity index (χ4v) is 3.85. The maximum atomic E-state index is 6.00. The first-order valence-electron chi connectivity index (χ1n) is 6.31. The predicted molar refractivity (Wildman–Crippen MR) is 73.4 cm³/mol. The van der Waals surface area contributed by atoms with Crippen molar-refractivity contribution >= 4 is 11.8 Å². The van der Waals surface area contributed by atoms with Crippen LogP contribution in [0.1, 0.15) is 37.2 Å². The van der Waals surface area contributed by atoms with Gasteiger partial charge in [-0.3, -0.25) is 0 Å². The zero-order chi connectivity index (χ0) is 11.7. The molecule has 1 heterocycles. The highest BCUT2D eigenvalue weighted by atomic mass is 32.2. The second-order valence-corrected chi connectivity index (χ2v) is 5.97. The molecule has 2 atom stereocenters. The number of thioether (sulfide) groups is 1. The summed E-state index contributed by atoms with van der Waals surface area (Å²) >= 11 is 1.81. The molecule has 0 bridgehead atoms. The van der Waals surface area contributed by atoms with E-state index in [1.807, 2.05) is 11.8 Å². The zero-order valence-corrected chi connectivity index (χ0v) is 10.7. The van der Waals surface area contributed by atoms with Gasteiger partial charge in [-0.05, 0) is 24.8 Å². The lowest BCUT2D eigenvalue weighted by Gasteiger charge is -2.19. The van der Waals surface area contributed by atoms with E-state index in [1.54, 1.807) is 0 Å². The summed E-state index contributed by atoms with van der Waals surface area (Å²) in [7, 11) is 0. The number of hydrogen-bond donors (Lipinski definition) is 2. The molecule has 90 valence electrons. The van der Waals surface area contributed by atoms with Crippen LogP contribution in [0.25, 0.3) is 0 Å². The first-order chi connectivity index (χ1) is 8.34. The van der Waals surface area contributed by atoms with E-state index in [9.17, 15) is 0 Å². The molecule has 17 heavy (non-hydrogen) atoms.